The first-order chi connectivity index (χ1) is 15.0. The van der Waals surface area contributed by atoms with E-state index >= 15 is 0 Å². The van der Waals surface area contributed by atoms with E-state index in [1.807, 2.05) is 24.4 Å². The number of ether oxygens (including phenoxy) is 1. The number of hydrogen-bond donors (Lipinski definition) is 1. The van der Waals surface area contributed by atoms with Gasteiger partial charge in [0.2, 0.25) is 5.95 Å². The largest absolute Gasteiger partial charge is 0.380 e. The van der Waals surface area contributed by atoms with E-state index in [2.05, 4.69) is 25.4 Å². The number of aryl methyl sites for hydroxylation is 1. The van der Waals surface area contributed by atoms with E-state index in [0.717, 1.165) is 37.1 Å². The van der Waals surface area contributed by atoms with Crippen LogP contribution in [0.15, 0.2) is 30.6 Å². The Morgan fingerprint density at radius 1 is 1.23 bits per heavy atom. The van der Waals surface area contributed by atoms with Crippen LogP contribution in [0, 0.1) is 12.3 Å². The fourth-order valence-electron chi connectivity index (χ4n) is 4.70. The summed E-state index contributed by atoms with van der Waals surface area (Å²) >= 11 is 0. The molecule has 1 N–H and O–H groups in total. The van der Waals surface area contributed by atoms with Gasteiger partial charge in [0.15, 0.2) is 5.65 Å². The fourth-order valence-corrected chi connectivity index (χ4v) is 4.70. The van der Waals surface area contributed by atoms with Crippen molar-refractivity contribution in [1.82, 2.24) is 29.1 Å². The molecule has 8 nitrogen and oxygen atoms in total. The van der Waals surface area contributed by atoms with Gasteiger partial charge in [-0.15, -0.1) is 5.10 Å². The molecule has 10 heteroatoms. The van der Waals surface area contributed by atoms with Crippen molar-refractivity contribution in [3.8, 4) is 11.3 Å². The van der Waals surface area contributed by atoms with Crippen LogP contribution in [0.3, 0.4) is 0 Å². The first kappa shape index (κ1) is 18.6. The summed E-state index contributed by atoms with van der Waals surface area (Å²) in [7, 11) is 0. The highest BCUT2D eigenvalue weighted by atomic mass is 19.3. The highest BCUT2D eigenvalue weighted by Gasteiger charge is 2.49. The summed E-state index contributed by atoms with van der Waals surface area (Å²) in [6, 6.07) is 5.94. The summed E-state index contributed by atoms with van der Waals surface area (Å²) in [5.41, 5.74) is 3.73. The number of halogens is 2. The normalized spacial score (nSPS) is 18.1. The minimum atomic E-state index is -2.47. The Kier molecular flexibility index (Phi) is 4.01. The lowest BCUT2D eigenvalue weighted by Crippen LogP contribution is -2.56. The quantitative estimate of drug-likeness (QED) is 0.528. The smallest absolute Gasteiger partial charge is 0.256 e. The Hall–Kier alpha value is -3.14. The van der Waals surface area contributed by atoms with Gasteiger partial charge in [-0.05, 0) is 38.0 Å². The van der Waals surface area contributed by atoms with Crippen molar-refractivity contribution < 1.29 is 13.5 Å². The van der Waals surface area contributed by atoms with Crippen LogP contribution in [-0.2, 0) is 11.3 Å². The first-order valence-electron chi connectivity index (χ1n) is 10.3. The Morgan fingerprint density at radius 3 is 2.81 bits per heavy atom. The number of pyridine rings is 1. The van der Waals surface area contributed by atoms with Crippen molar-refractivity contribution in [2.75, 3.05) is 18.5 Å². The molecule has 2 aliphatic rings. The van der Waals surface area contributed by atoms with E-state index in [1.165, 1.54) is 4.57 Å². The molecule has 1 aliphatic heterocycles. The van der Waals surface area contributed by atoms with Crippen LogP contribution in [0.4, 0.5) is 14.7 Å². The van der Waals surface area contributed by atoms with Gasteiger partial charge in [-0.1, -0.05) is 0 Å². The standard InChI is InChI=1S/C21H21F2N7O/c1-12-25-16-3-2-15(27-19(16)29(12)9-18(22)23)14-4-5-30-17(14)8-24-20(28-30)26-13-6-21(7-13)10-31-11-21/h2-5,8,13,18H,6-7,9-11H2,1H3,(H,26,28). The number of aromatic nitrogens is 6. The zero-order valence-electron chi connectivity index (χ0n) is 16.9. The lowest BCUT2D eigenvalue weighted by atomic mass is 9.64. The maximum atomic E-state index is 13.0. The highest BCUT2D eigenvalue weighted by molar-refractivity contribution is 5.82. The molecule has 1 spiro atoms. The third kappa shape index (κ3) is 3.04. The zero-order valence-corrected chi connectivity index (χ0v) is 16.9. The minimum absolute atomic E-state index is 0.374. The summed E-state index contributed by atoms with van der Waals surface area (Å²) in [5.74, 6) is 1.11. The summed E-state index contributed by atoms with van der Waals surface area (Å²) < 4.78 is 34.6. The molecule has 1 aliphatic carbocycles. The molecule has 0 atom stereocenters. The van der Waals surface area contributed by atoms with E-state index < -0.39 is 13.0 Å². The van der Waals surface area contributed by atoms with E-state index in [1.54, 1.807) is 17.6 Å². The number of imidazole rings is 1. The molecule has 4 aromatic heterocycles. The topological polar surface area (TPSA) is 82.2 Å². The summed E-state index contributed by atoms with van der Waals surface area (Å²) in [4.78, 5) is 13.5. The number of hydrogen-bond acceptors (Lipinski definition) is 6. The predicted molar refractivity (Wildman–Crippen MR) is 110 cm³/mol. The van der Waals surface area contributed by atoms with Gasteiger partial charge in [-0.3, -0.25) is 0 Å². The average Bonchev–Trinajstić information content (AvgIpc) is 3.23. The van der Waals surface area contributed by atoms with Crippen LogP contribution in [0.1, 0.15) is 18.7 Å². The molecular weight excluding hydrogens is 404 g/mol. The van der Waals surface area contributed by atoms with E-state index in [-0.39, 0.29) is 0 Å². The van der Waals surface area contributed by atoms with Gasteiger partial charge in [0.25, 0.3) is 6.43 Å². The molecule has 6 rings (SSSR count). The van der Waals surface area contributed by atoms with Gasteiger partial charge in [-0.2, -0.15) is 0 Å². The third-order valence-electron chi connectivity index (χ3n) is 6.30. The lowest BCUT2D eigenvalue weighted by Gasteiger charge is -2.53. The maximum Gasteiger partial charge on any atom is 0.256 e. The van der Waals surface area contributed by atoms with Crippen molar-refractivity contribution in [1.29, 1.82) is 0 Å². The van der Waals surface area contributed by atoms with Gasteiger partial charge in [0.05, 0.1) is 37.2 Å². The molecule has 0 amide bonds. The number of fused-ring (bicyclic) bond motifs is 2. The molecule has 1 saturated carbocycles. The summed E-state index contributed by atoms with van der Waals surface area (Å²) in [6.07, 6.45) is 3.31. The molecule has 4 aromatic rings. The van der Waals surface area contributed by atoms with Crippen LogP contribution < -0.4 is 5.32 Å². The molecule has 5 heterocycles. The number of anilines is 1. The summed E-state index contributed by atoms with van der Waals surface area (Å²) in [6.45, 7) is 3.00. The summed E-state index contributed by atoms with van der Waals surface area (Å²) in [5, 5.41) is 7.98. The minimum Gasteiger partial charge on any atom is -0.380 e. The maximum absolute atomic E-state index is 13.0. The van der Waals surface area contributed by atoms with Crippen LogP contribution in [0.2, 0.25) is 0 Å². The first-order valence-corrected chi connectivity index (χ1v) is 10.3. The van der Waals surface area contributed by atoms with Crippen molar-refractivity contribution >= 4 is 22.6 Å². The van der Waals surface area contributed by atoms with Crippen LogP contribution >= 0.6 is 0 Å². The molecule has 0 unspecified atom stereocenters. The number of nitrogens with one attached hydrogen (secondary N) is 1. The second-order valence-corrected chi connectivity index (χ2v) is 8.58. The Balaban J connectivity index is 1.30. The number of nitrogens with zero attached hydrogens (tertiary/aromatic N) is 6. The molecule has 0 radical (unpaired) electrons. The van der Waals surface area contributed by atoms with Gasteiger partial charge >= 0.3 is 0 Å². The molecule has 2 fully saturated rings. The van der Waals surface area contributed by atoms with Crippen LogP contribution in [0.5, 0.6) is 0 Å². The Labute approximate surface area is 176 Å². The molecule has 31 heavy (non-hydrogen) atoms. The van der Waals surface area contributed by atoms with Crippen LogP contribution in [0.25, 0.3) is 27.9 Å². The van der Waals surface area contributed by atoms with E-state index in [4.69, 9.17) is 4.74 Å². The van der Waals surface area contributed by atoms with Crippen molar-refractivity contribution in [3.63, 3.8) is 0 Å². The molecule has 0 bridgehead atoms. The Bertz CT molecular complexity index is 1290. The fraction of sp³-hybridized carbons (Fsp3) is 0.429. The van der Waals surface area contributed by atoms with Crippen molar-refractivity contribution in [2.24, 2.45) is 5.41 Å². The van der Waals surface area contributed by atoms with Gasteiger partial charge in [-0.25, -0.2) is 28.2 Å². The highest BCUT2D eigenvalue weighted by Crippen LogP contribution is 2.47. The zero-order chi connectivity index (χ0) is 21.2. The molecule has 1 saturated heterocycles. The van der Waals surface area contributed by atoms with Crippen molar-refractivity contribution in [3.05, 3.63) is 36.4 Å². The van der Waals surface area contributed by atoms with Crippen LogP contribution in [-0.4, -0.2) is 54.8 Å². The molecule has 160 valence electrons. The lowest BCUT2D eigenvalue weighted by molar-refractivity contribution is -0.160. The van der Waals surface area contributed by atoms with Gasteiger partial charge in [0.1, 0.15) is 11.3 Å². The van der Waals surface area contributed by atoms with Gasteiger partial charge < -0.3 is 14.6 Å². The number of rotatable bonds is 5. The second kappa shape index (κ2) is 6.68. The van der Waals surface area contributed by atoms with Gasteiger partial charge in [0, 0.05) is 23.2 Å². The van der Waals surface area contributed by atoms with E-state index in [9.17, 15) is 8.78 Å². The average molecular weight is 425 g/mol. The predicted octanol–water partition coefficient (Wildman–Crippen LogP) is 3.31. The molecule has 0 aromatic carbocycles. The Morgan fingerprint density at radius 2 is 2.06 bits per heavy atom. The second-order valence-electron chi connectivity index (χ2n) is 8.58. The van der Waals surface area contributed by atoms with E-state index in [0.29, 0.717) is 40.1 Å². The number of alkyl halides is 2. The monoisotopic (exact) mass is 425 g/mol. The van der Waals surface area contributed by atoms with Crippen molar-refractivity contribution in [2.45, 2.75) is 38.8 Å². The third-order valence-corrected chi connectivity index (χ3v) is 6.30. The molecular formula is C21H21F2N7O. The SMILES string of the molecule is Cc1nc2ccc(-c3ccn4nc(NC5CC6(COC6)C5)ncc34)nc2n1CC(F)F.